The van der Waals surface area contributed by atoms with Gasteiger partial charge in [-0.05, 0) is 25.0 Å². The molecular weight excluding hydrogens is 316 g/mol. The zero-order chi connectivity index (χ0) is 17.2. The van der Waals surface area contributed by atoms with Crippen LogP contribution in [0.25, 0.3) is 0 Å². The summed E-state index contributed by atoms with van der Waals surface area (Å²) >= 11 is 0. The summed E-state index contributed by atoms with van der Waals surface area (Å²) in [5.74, 6) is 0.925. The number of nitrogens with zero attached hydrogens (tertiary/aromatic N) is 3. The van der Waals surface area contributed by atoms with E-state index >= 15 is 0 Å². The van der Waals surface area contributed by atoms with Crippen molar-refractivity contribution in [3.8, 4) is 5.75 Å². The Morgan fingerprint density at radius 2 is 2.28 bits per heavy atom. The summed E-state index contributed by atoms with van der Waals surface area (Å²) in [6, 6.07) is 7.74. The van der Waals surface area contributed by atoms with Crippen LogP contribution in [0.15, 0.2) is 36.8 Å². The van der Waals surface area contributed by atoms with E-state index in [1.54, 1.807) is 6.33 Å². The molecule has 3 heterocycles. The molecule has 4 rings (SSSR count). The number of amides is 1. The van der Waals surface area contributed by atoms with Gasteiger partial charge in [-0.15, -0.1) is 0 Å². The molecule has 0 aliphatic carbocycles. The van der Waals surface area contributed by atoms with Crippen molar-refractivity contribution in [3.05, 3.63) is 53.6 Å². The molecule has 0 saturated carbocycles. The number of aromatic nitrogens is 2. The van der Waals surface area contributed by atoms with Gasteiger partial charge in [0.05, 0.1) is 24.4 Å². The molecule has 2 aliphatic rings. The average molecular weight is 338 g/mol. The molecule has 6 nitrogen and oxygen atoms in total. The lowest BCUT2D eigenvalue weighted by Gasteiger charge is -2.34. The zero-order valence-corrected chi connectivity index (χ0v) is 14.3. The normalized spacial score (nSPS) is 20.8. The number of fused-ring (bicyclic) bond motifs is 2. The molecule has 2 aliphatic heterocycles. The van der Waals surface area contributed by atoms with Gasteiger partial charge in [-0.1, -0.05) is 18.2 Å². The van der Waals surface area contributed by atoms with Crippen molar-refractivity contribution in [2.75, 3.05) is 13.2 Å². The molecule has 0 spiro atoms. The fraction of sp³-hybridized carbons (Fsp3) is 0.421. The predicted molar refractivity (Wildman–Crippen MR) is 93.0 cm³/mol. The van der Waals surface area contributed by atoms with Gasteiger partial charge in [-0.3, -0.25) is 9.69 Å². The van der Waals surface area contributed by atoms with E-state index in [-0.39, 0.29) is 18.0 Å². The largest absolute Gasteiger partial charge is 0.493 e. The van der Waals surface area contributed by atoms with E-state index in [1.807, 2.05) is 37.4 Å². The first-order valence-electron chi connectivity index (χ1n) is 8.76. The molecule has 1 amide bonds. The van der Waals surface area contributed by atoms with Gasteiger partial charge in [-0.2, -0.15) is 0 Å². The molecule has 1 N–H and O–H groups in total. The van der Waals surface area contributed by atoms with Crippen molar-refractivity contribution >= 4 is 5.91 Å². The van der Waals surface area contributed by atoms with Crippen molar-refractivity contribution in [1.29, 1.82) is 0 Å². The van der Waals surface area contributed by atoms with Crippen LogP contribution in [0.3, 0.4) is 0 Å². The second-order valence-electron chi connectivity index (χ2n) is 6.63. The summed E-state index contributed by atoms with van der Waals surface area (Å²) in [5.41, 5.74) is 3.27. The van der Waals surface area contributed by atoms with Gasteiger partial charge in [0.15, 0.2) is 0 Å². The number of benzene rings is 1. The zero-order valence-electron chi connectivity index (χ0n) is 14.3. The highest BCUT2D eigenvalue weighted by Crippen LogP contribution is 2.31. The summed E-state index contributed by atoms with van der Waals surface area (Å²) in [5, 5.41) is 3.20. The molecule has 6 heteroatoms. The fourth-order valence-corrected chi connectivity index (χ4v) is 3.55. The highest BCUT2D eigenvalue weighted by atomic mass is 16.5. The third-order valence-electron chi connectivity index (χ3n) is 5.10. The van der Waals surface area contributed by atoms with Gasteiger partial charge in [0.1, 0.15) is 12.1 Å². The maximum absolute atomic E-state index is 12.8. The molecule has 2 atom stereocenters. The highest BCUT2D eigenvalue weighted by Gasteiger charge is 2.29. The van der Waals surface area contributed by atoms with E-state index in [2.05, 4.69) is 20.2 Å². The number of rotatable bonds is 3. The number of hydrogen-bond donors (Lipinski definition) is 1. The van der Waals surface area contributed by atoms with Gasteiger partial charge >= 0.3 is 0 Å². The van der Waals surface area contributed by atoms with E-state index < -0.39 is 0 Å². The monoisotopic (exact) mass is 338 g/mol. The molecule has 2 unspecified atom stereocenters. The summed E-state index contributed by atoms with van der Waals surface area (Å²) in [4.78, 5) is 23.4. The van der Waals surface area contributed by atoms with E-state index in [9.17, 15) is 4.79 Å². The Balaban J connectivity index is 1.44. The molecular formula is C19H22N4O2. The minimum atomic E-state index is -0.196. The quantitative estimate of drug-likeness (QED) is 0.925. The lowest BCUT2D eigenvalue weighted by Crippen LogP contribution is -2.48. The number of hydrogen-bond acceptors (Lipinski definition) is 5. The van der Waals surface area contributed by atoms with Crippen LogP contribution in [-0.2, 0) is 17.8 Å². The first-order valence-corrected chi connectivity index (χ1v) is 8.76. The summed E-state index contributed by atoms with van der Waals surface area (Å²) in [6.07, 6.45) is 5.13. The fourth-order valence-electron chi connectivity index (χ4n) is 3.55. The number of para-hydroxylation sites is 1. The number of ether oxygens (including phenoxy) is 1. The first kappa shape index (κ1) is 16.0. The Morgan fingerprint density at radius 1 is 1.40 bits per heavy atom. The molecule has 25 heavy (non-hydrogen) atoms. The lowest BCUT2D eigenvalue weighted by molar-refractivity contribution is -0.127. The highest BCUT2D eigenvalue weighted by molar-refractivity contribution is 5.82. The molecule has 0 fully saturated rings. The van der Waals surface area contributed by atoms with Crippen LogP contribution >= 0.6 is 0 Å². The van der Waals surface area contributed by atoms with Crippen LogP contribution in [0.2, 0.25) is 0 Å². The van der Waals surface area contributed by atoms with E-state index in [1.165, 1.54) is 5.56 Å². The van der Waals surface area contributed by atoms with Crippen LogP contribution in [0.4, 0.5) is 0 Å². The van der Waals surface area contributed by atoms with E-state index in [0.29, 0.717) is 13.2 Å². The van der Waals surface area contributed by atoms with Crippen LogP contribution in [0, 0.1) is 0 Å². The summed E-state index contributed by atoms with van der Waals surface area (Å²) < 4.78 is 5.68. The molecule has 0 bridgehead atoms. The van der Waals surface area contributed by atoms with Crippen molar-refractivity contribution in [1.82, 2.24) is 20.2 Å². The number of carbonyl (C=O) groups is 1. The smallest absolute Gasteiger partial charge is 0.237 e. The van der Waals surface area contributed by atoms with Crippen LogP contribution in [0.5, 0.6) is 5.75 Å². The Bertz CT molecular complexity index is 780. The summed E-state index contributed by atoms with van der Waals surface area (Å²) in [7, 11) is 0. The van der Waals surface area contributed by atoms with Gasteiger partial charge in [0.2, 0.25) is 5.91 Å². The van der Waals surface area contributed by atoms with Crippen molar-refractivity contribution < 1.29 is 9.53 Å². The van der Waals surface area contributed by atoms with Crippen LogP contribution in [-0.4, -0.2) is 40.0 Å². The second kappa shape index (κ2) is 6.80. The maximum atomic E-state index is 12.8. The summed E-state index contributed by atoms with van der Waals surface area (Å²) in [6.45, 7) is 4.13. The molecule has 0 saturated heterocycles. The Hall–Kier alpha value is -2.47. The SMILES string of the molecule is CC(C(=O)NC1CCOc2ccccc21)N1CCc2cncnc2C1. The van der Waals surface area contributed by atoms with Crippen molar-refractivity contribution in [2.24, 2.45) is 0 Å². The van der Waals surface area contributed by atoms with Crippen LogP contribution < -0.4 is 10.1 Å². The number of nitrogens with one attached hydrogen (secondary N) is 1. The predicted octanol–water partition coefficient (Wildman–Crippen LogP) is 1.86. The minimum Gasteiger partial charge on any atom is -0.493 e. The third-order valence-corrected chi connectivity index (χ3v) is 5.10. The van der Waals surface area contributed by atoms with Gasteiger partial charge in [-0.25, -0.2) is 9.97 Å². The van der Waals surface area contributed by atoms with Crippen molar-refractivity contribution in [3.63, 3.8) is 0 Å². The number of carbonyl (C=O) groups excluding carboxylic acids is 1. The second-order valence-corrected chi connectivity index (χ2v) is 6.63. The Morgan fingerprint density at radius 3 is 3.20 bits per heavy atom. The molecule has 2 aromatic rings. The van der Waals surface area contributed by atoms with E-state index in [4.69, 9.17) is 4.74 Å². The first-order chi connectivity index (χ1) is 12.2. The third kappa shape index (κ3) is 3.22. The van der Waals surface area contributed by atoms with Gasteiger partial charge < -0.3 is 10.1 Å². The van der Waals surface area contributed by atoms with E-state index in [0.717, 1.165) is 36.4 Å². The Kier molecular flexibility index (Phi) is 4.36. The Labute approximate surface area is 147 Å². The standard InChI is InChI=1S/C19H22N4O2/c1-13(23-8-6-14-10-20-12-21-17(14)11-23)19(24)22-16-7-9-25-18-5-3-2-4-15(16)18/h2-5,10,12-13,16H,6-9,11H2,1H3,(H,22,24). The molecule has 1 aromatic carbocycles. The average Bonchev–Trinajstić information content (AvgIpc) is 2.67. The maximum Gasteiger partial charge on any atom is 0.237 e. The molecule has 1 aromatic heterocycles. The topological polar surface area (TPSA) is 67.3 Å². The van der Waals surface area contributed by atoms with Crippen LogP contribution in [0.1, 0.15) is 36.2 Å². The minimum absolute atomic E-state index is 0.0132. The lowest BCUT2D eigenvalue weighted by atomic mass is 10.00. The van der Waals surface area contributed by atoms with Gasteiger partial charge in [0.25, 0.3) is 0 Å². The molecule has 130 valence electrons. The van der Waals surface area contributed by atoms with Crippen molar-refractivity contribution in [2.45, 2.75) is 38.4 Å². The molecule has 0 radical (unpaired) electrons. The van der Waals surface area contributed by atoms with Gasteiger partial charge in [0, 0.05) is 31.3 Å².